The van der Waals surface area contributed by atoms with Gasteiger partial charge in [-0.3, -0.25) is 0 Å². The number of rotatable bonds is 5. The Morgan fingerprint density at radius 3 is 2.55 bits per heavy atom. The summed E-state index contributed by atoms with van der Waals surface area (Å²) in [5.74, 6) is 0.591. The number of hydrogen-bond acceptors (Lipinski definition) is 2. The van der Waals surface area contributed by atoms with E-state index in [-0.39, 0.29) is 11.6 Å². The highest BCUT2D eigenvalue weighted by atomic mass is 127. The smallest absolute Gasteiger partial charge is 0.166 e. The van der Waals surface area contributed by atoms with Crippen LogP contribution in [0.1, 0.15) is 18.4 Å². The van der Waals surface area contributed by atoms with E-state index in [4.69, 9.17) is 4.74 Å². The fourth-order valence-corrected chi connectivity index (χ4v) is 2.28. The third-order valence-corrected chi connectivity index (χ3v) is 3.93. The van der Waals surface area contributed by atoms with Crippen LogP contribution in [-0.2, 0) is 6.54 Å². The molecule has 2 aromatic carbocycles. The molecule has 1 saturated carbocycles. The molecule has 1 aliphatic carbocycles. The van der Waals surface area contributed by atoms with Crippen LogP contribution < -0.4 is 10.1 Å². The number of benzene rings is 2. The molecule has 0 atom stereocenters. The maximum absolute atomic E-state index is 14.0. The largest absolute Gasteiger partial charge is 0.454 e. The fraction of sp³-hybridized carbons (Fsp3) is 0.250. The average Bonchev–Trinajstić information content (AvgIpc) is 3.26. The van der Waals surface area contributed by atoms with Crippen LogP contribution >= 0.6 is 22.6 Å². The molecule has 0 amide bonds. The Hall–Kier alpha value is -1.14. The molecule has 104 valence electrons. The van der Waals surface area contributed by atoms with Gasteiger partial charge in [-0.05, 0) is 77.4 Å². The highest BCUT2D eigenvalue weighted by Gasteiger charge is 2.20. The molecular weight excluding hydrogens is 368 g/mol. The predicted octanol–water partition coefficient (Wildman–Crippen LogP) is 4.47. The molecule has 4 heteroatoms. The molecule has 0 bridgehead atoms. The van der Waals surface area contributed by atoms with Gasteiger partial charge in [0, 0.05) is 16.2 Å². The van der Waals surface area contributed by atoms with Crippen molar-refractivity contribution in [3.05, 3.63) is 57.4 Å². The molecule has 0 heterocycles. The molecule has 0 unspecified atom stereocenters. The Morgan fingerprint density at radius 2 is 1.90 bits per heavy atom. The Kier molecular flexibility index (Phi) is 4.21. The number of halogens is 2. The van der Waals surface area contributed by atoms with E-state index in [9.17, 15) is 4.39 Å². The van der Waals surface area contributed by atoms with E-state index >= 15 is 0 Å². The quantitative estimate of drug-likeness (QED) is 0.770. The van der Waals surface area contributed by atoms with Crippen molar-refractivity contribution in [2.75, 3.05) is 0 Å². The predicted molar refractivity (Wildman–Crippen MR) is 85.5 cm³/mol. The van der Waals surface area contributed by atoms with Crippen LogP contribution in [0.15, 0.2) is 42.5 Å². The van der Waals surface area contributed by atoms with Gasteiger partial charge in [-0.25, -0.2) is 4.39 Å². The highest BCUT2D eigenvalue weighted by molar-refractivity contribution is 14.1. The van der Waals surface area contributed by atoms with E-state index in [1.165, 1.54) is 18.9 Å². The van der Waals surface area contributed by atoms with Crippen LogP contribution in [-0.4, -0.2) is 6.04 Å². The molecule has 1 fully saturated rings. The second-order valence-corrected chi connectivity index (χ2v) is 6.22. The van der Waals surface area contributed by atoms with Crippen molar-refractivity contribution in [1.29, 1.82) is 0 Å². The van der Waals surface area contributed by atoms with Crippen molar-refractivity contribution in [3.8, 4) is 11.5 Å². The molecule has 0 aromatic heterocycles. The lowest BCUT2D eigenvalue weighted by atomic mass is 10.2. The maximum Gasteiger partial charge on any atom is 0.166 e. The normalized spacial score (nSPS) is 14.3. The monoisotopic (exact) mass is 383 g/mol. The molecule has 0 saturated heterocycles. The molecule has 1 aliphatic rings. The molecule has 0 spiro atoms. The van der Waals surface area contributed by atoms with Gasteiger partial charge < -0.3 is 10.1 Å². The van der Waals surface area contributed by atoms with Gasteiger partial charge in [-0.15, -0.1) is 0 Å². The number of nitrogens with one attached hydrogen (secondary N) is 1. The summed E-state index contributed by atoms with van der Waals surface area (Å²) in [6.07, 6.45) is 2.47. The standard InChI is InChI=1S/C16H15FINO/c17-15-9-11(10-19-13-4-5-13)1-8-16(15)20-14-6-2-12(18)3-7-14/h1-3,6-9,13,19H,4-5,10H2. The van der Waals surface area contributed by atoms with Gasteiger partial charge in [0.2, 0.25) is 0 Å². The van der Waals surface area contributed by atoms with E-state index in [1.807, 2.05) is 30.3 Å². The summed E-state index contributed by atoms with van der Waals surface area (Å²) in [4.78, 5) is 0. The second kappa shape index (κ2) is 6.10. The van der Waals surface area contributed by atoms with Crippen LogP contribution in [0, 0.1) is 9.39 Å². The first-order chi connectivity index (χ1) is 9.70. The van der Waals surface area contributed by atoms with Crippen LogP contribution in [0.3, 0.4) is 0 Å². The van der Waals surface area contributed by atoms with E-state index in [0.717, 1.165) is 9.13 Å². The van der Waals surface area contributed by atoms with Crippen molar-refractivity contribution in [3.63, 3.8) is 0 Å². The minimum absolute atomic E-state index is 0.265. The molecule has 0 aliphatic heterocycles. The molecule has 20 heavy (non-hydrogen) atoms. The molecular formula is C16H15FINO. The van der Waals surface area contributed by atoms with Crippen LogP contribution in [0.25, 0.3) is 0 Å². The van der Waals surface area contributed by atoms with E-state index in [2.05, 4.69) is 27.9 Å². The molecule has 3 rings (SSSR count). The van der Waals surface area contributed by atoms with Gasteiger partial charge in [-0.1, -0.05) is 6.07 Å². The topological polar surface area (TPSA) is 21.3 Å². The molecule has 2 aromatic rings. The maximum atomic E-state index is 14.0. The summed E-state index contributed by atoms with van der Waals surface area (Å²) in [5, 5.41) is 3.37. The van der Waals surface area contributed by atoms with Gasteiger partial charge in [0.1, 0.15) is 5.75 Å². The summed E-state index contributed by atoms with van der Waals surface area (Å²) in [5.41, 5.74) is 0.948. The van der Waals surface area contributed by atoms with Gasteiger partial charge >= 0.3 is 0 Å². The molecule has 0 radical (unpaired) electrons. The molecule has 2 nitrogen and oxygen atoms in total. The van der Waals surface area contributed by atoms with E-state index < -0.39 is 0 Å². The fourth-order valence-electron chi connectivity index (χ4n) is 1.92. The zero-order chi connectivity index (χ0) is 13.9. The zero-order valence-corrected chi connectivity index (χ0v) is 13.1. The van der Waals surface area contributed by atoms with Gasteiger partial charge in [-0.2, -0.15) is 0 Å². The first kappa shape index (κ1) is 13.8. The summed E-state index contributed by atoms with van der Waals surface area (Å²) in [7, 11) is 0. The van der Waals surface area contributed by atoms with Gasteiger partial charge in [0.15, 0.2) is 11.6 Å². The Morgan fingerprint density at radius 1 is 1.15 bits per heavy atom. The van der Waals surface area contributed by atoms with Crippen molar-refractivity contribution >= 4 is 22.6 Å². The Bertz CT molecular complexity index is 596. The average molecular weight is 383 g/mol. The van der Waals surface area contributed by atoms with Crippen molar-refractivity contribution in [2.24, 2.45) is 0 Å². The SMILES string of the molecule is Fc1cc(CNC2CC2)ccc1Oc1ccc(I)cc1. The minimum atomic E-state index is -0.321. The third-order valence-electron chi connectivity index (χ3n) is 3.21. The lowest BCUT2D eigenvalue weighted by Crippen LogP contribution is -2.15. The lowest BCUT2D eigenvalue weighted by molar-refractivity contribution is 0.441. The van der Waals surface area contributed by atoms with Crippen molar-refractivity contribution < 1.29 is 9.13 Å². The van der Waals surface area contributed by atoms with Gasteiger partial charge in [0.25, 0.3) is 0 Å². The van der Waals surface area contributed by atoms with Crippen LogP contribution in [0.5, 0.6) is 11.5 Å². The van der Waals surface area contributed by atoms with E-state index in [0.29, 0.717) is 18.3 Å². The summed E-state index contributed by atoms with van der Waals surface area (Å²) in [6, 6.07) is 13.3. The summed E-state index contributed by atoms with van der Waals surface area (Å²) >= 11 is 2.22. The first-order valence-electron chi connectivity index (χ1n) is 6.66. The van der Waals surface area contributed by atoms with Crippen molar-refractivity contribution in [1.82, 2.24) is 5.32 Å². The highest BCUT2D eigenvalue weighted by Crippen LogP contribution is 2.26. The van der Waals surface area contributed by atoms with Crippen LogP contribution in [0.2, 0.25) is 0 Å². The van der Waals surface area contributed by atoms with Crippen molar-refractivity contribution in [2.45, 2.75) is 25.4 Å². The Balaban J connectivity index is 1.68. The number of hydrogen-bond donors (Lipinski definition) is 1. The molecule has 1 N–H and O–H groups in total. The minimum Gasteiger partial charge on any atom is -0.454 e. The van der Waals surface area contributed by atoms with Crippen LogP contribution in [0.4, 0.5) is 4.39 Å². The summed E-state index contributed by atoms with van der Waals surface area (Å²) in [6.45, 7) is 0.714. The zero-order valence-electron chi connectivity index (χ0n) is 10.9. The van der Waals surface area contributed by atoms with E-state index in [1.54, 1.807) is 6.07 Å². The summed E-state index contributed by atoms with van der Waals surface area (Å²) < 4.78 is 20.7. The first-order valence-corrected chi connectivity index (χ1v) is 7.74. The lowest BCUT2D eigenvalue weighted by Gasteiger charge is -2.09. The second-order valence-electron chi connectivity index (χ2n) is 4.98. The third kappa shape index (κ3) is 3.70. The van der Waals surface area contributed by atoms with Gasteiger partial charge in [0.05, 0.1) is 0 Å². The Labute approximate surface area is 131 Å². The number of ether oxygens (including phenoxy) is 1.